The third-order valence-electron chi connectivity index (χ3n) is 5.52. The molecule has 0 saturated heterocycles. The Hall–Kier alpha value is -4.21. The fourth-order valence-electron chi connectivity index (χ4n) is 3.53. The van der Waals surface area contributed by atoms with Crippen molar-refractivity contribution in [2.24, 2.45) is 28.1 Å². The van der Waals surface area contributed by atoms with E-state index in [-0.39, 0.29) is 44.1 Å². The van der Waals surface area contributed by atoms with Gasteiger partial charge in [0.1, 0.15) is 18.1 Å². The third kappa shape index (κ3) is 13.2. The third-order valence-corrected chi connectivity index (χ3v) is 5.52. The molecule has 0 radical (unpaired) electrons. The SMILES string of the molecule is CC(C)CC(NC(=O)C(Cc1cnc[nH]1)NC(=O)C(CCC(=O)O)NC(=O)C(N)CCCN=C(N)N)C(=O)O. The molecule has 16 nitrogen and oxygen atoms in total. The van der Waals surface area contributed by atoms with Crippen LogP contribution < -0.4 is 33.2 Å². The van der Waals surface area contributed by atoms with Crippen LogP contribution in [0.5, 0.6) is 0 Å². The van der Waals surface area contributed by atoms with Gasteiger partial charge >= 0.3 is 11.9 Å². The summed E-state index contributed by atoms with van der Waals surface area (Å²) in [5.41, 5.74) is 16.9. The molecule has 218 valence electrons. The second-order valence-electron chi connectivity index (χ2n) is 9.42. The van der Waals surface area contributed by atoms with Crippen LogP contribution in [-0.2, 0) is 30.4 Å². The molecule has 1 rings (SSSR count). The fraction of sp³-hybridized carbons (Fsp3) is 0.609. The van der Waals surface area contributed by atoms with E-state index in [0.29, 0.717) is 12.1 Å². The van der Waals surface area contributed by atoms with Gasteiger partial charge in [0.25, 0.3) is 0 Å². The predicted molar refractivity (Wildman–Crippen MR) is 140 cm³/mol. The smallest absolute Gasteiger partial charge is 0.326 e. The van der Waals surface area contributed by atoms with Crippen LogP contribution in [0.3, 0.4) is 0 Å². The molecule has 12 N–H and O–H groups in total. The van der Waals surface area contributed by atoms with Crippen molar-refractivity contribution in [3.63, 3.8) is 0 Å². The number of guanidine groups is 1. The Balaban J connectivity index is 3.02. The molecule has 1 heterocycles. The number of hydrogen-bond acceptors (Lipinski definition) is 8. The normalized spacial score (nSPS) is 13.9. The first-order valence-corrected chi connectivity index (χ1v) is 12.4. The van der Waals surface area contributed by atoms with E-state index >= 15 is 0 Å². The summed E-state index contributed by atoms with van der Waals surface area (Å²) in [6.07, 6.45) is 2.72. The molecule has 1 aromatic rings. The zero-order valence-electron chi connectivity index (χ0n) is 22.1. The lowest BCUT2D eigenvalue weighted by molar-refractivity contribution is -0.142. The number of carbonyl (C=O) groups excluding carboxylic acids is 3. The first-order valence-electron chi connectivity index (χ1n) is 12.4. The lowest BCUT2D eigenvalue weighted by atomic mass is 10.0. The van der Waals surface area contributed by atoms with E-state index in [1.807, 2.05) is 0 Å². The fourth-order valence-corrected chi connectivity index (χ4v) is 3.53. The largest absolute Gasteiger partial charge is 0.481 e. The Morgan fingerprint density at radius 2 is 1.59 bits per heavy atom. The van der Waals surface area contributed by atoms with Crippen molar-refractivity contribution in [3.8, 4) is 0 Å². The Labute approximate surface area is 225 Å². The van der Waals surface area contributed by atoms with E-state index in [9.17, 15) is 29.1 Å². The molecule has 16 heteroatoms. The highest BCUT2D eigenvalue weighted by atomic mass is 16.4. The average molecular weight is 554 g/mol. The summed E-state index contributed by atoms with van der Waals surface area (Å²) in [5, 5.41) is 26.0. The topological polar surface area (TPSA) is 281 Å². The van der Waals surface area contributed by atoms with E-state index in [4.69, 9.17) is 22.3 Å². The van der Waals surface area contributed by atoms with Crippen molar-refractivity contribution < 1.29 is 34.2 Å². The minimum atomic E-state index is -1.33. The van der Waals surface area contributed by atoms with E-state index in [0.717, 1.165) is 0 Å². The summed E-state index contributed by atoms with van der Waals surface area (Å²) >= 11 is 0. The van der Waals surface area contributed by atoms with Gasteiger partial charge in [-0.25, -0.2) is 9.78 Å². The van der Waals surface area contributed by atoms with E-state index in [2.05, 4.69) is 30.9 Å². The van der Waals surface area contributed by atoms with Crippen LogP contribution >= 0.6 is 0 Å². The summed E-state index contributed by atoms with van der Waals surface area (Å²) in [6, 6.07) is -4.82. The number of carbonyl (C=O) groups is 5. The predicted octanol–water partition coefficient (Wildman–Crippen LogP) is -2.22. The van der Waals surface area contributed by atoms with Gasteiger partial charge in [-0.1, -0.05) is 13.8 Å². The zero-order valence-corrected chi connectivity index (χ0v) is 22.1. The highest BCUT2D eigenvalue weighted by Crippen LogP contribution is 2.08. The molecule has 0 bridgehead atoms. The van der Waals surface area contributed by atoms with Crippen LogP contribution in [-0.4, -0.2) is 86.5 Å². The molecule has 4 unspecified atom stereocenters. The molecule has 0 aliphatic rings. The molecule has 0 spiro atoms. The number of amides is 3. The lowest BCUT2D eigenvalue weighted by Gasteiger charge is -2.25. The number of imidazole rings is 1. The Morgan fingerprint density at radius 3 is 2.13 bits per heavy atom. The Morgan fingerprint density at radius 1 is 0.974 bits per heavy atom. The number of rotatable bonds is 18. The molecule has 0 fully saturated rings. The number of hydrogen-bond donors (Lipinski definition) is 9. The number of H-pyrrole nitrogens is 1. The molecule has 0 aliphatic heterocycles. The minimum absolute atomic E-state index is 0.0358. The summed E-state index contributed by atoms with van der Waals surface area (Å²) in [7, 11) is 0. The maximum absolute atomic E-state index is 13.2. The van der Waals surface area contributed by atoms with E-state index in [1.165, 1.54) is 12.5 Å². The van der Waals surface area contributed by atoms with E-state index < -0.39 is 60.2 Å². The highest BCUT2D eigenvalue weighted by molar-refractivity contribution is 5.94. The summed E-state index contributed by atoms with van der Waals surface area (Å²) in [4.78, 5) is 72.1. The summed E-state index contributed by atoms with van der Waals surface area (Å²) in [5.74, 6) is -4.89. The van der Waals surface area contributed by atoms with Gasteiger partial charge in [0, 0.05) is 31.3 Å². The molecule has 1 aromatic heterocycles. The molecule has 39 heavy (non-hydrogen) atoms. The number of nitrogens with zero attached hydrogens (tertiary/aromatic N) is 2. The van der Waals surface area contributed by atoms with Gasteiger partial charge in [-0.05, 0) is 31.6 Å². The van der Waals surface area contributed by atoms with Gasteiger partial charge in [0.05, 0.1) is 12.4 Å². The number of aromatic nitrogens is 2. The first-order chi connectivity index (χ1) is 18.3. The molecule has 0 aromatic carbocycles. The average Bonchev–Trinajstić information content (AvgIpc) is 3.35. The number of carboxylic acid groups (broad SMARTS) is 2. The molecule has 4 atom stereocenters. The van der Waals surface area contributed by atoms with Crippen molar-refractivity contribution in [2.75, 3.05) is 6.54 Å². The number of aliphatic carboxylic acids is 2. The zero-order chi connectivity index (χ0) is 29.5. The standard InChI is InChI=1S/C23H39N9O7/c1-12(2)8-17(22(38)39)32-21(37)16(9-13-10-27-11-29-13)31-20(36)15(5-6-18(33)34)30-19(35)14(24)4-3-7-28-23(25)26/h10-12,14-17H,3-9,24H2,1-2H3,(H,27,29)(H,30,35)(H,31,36)(H,32,37)(H,33,34)(H,38,39)(H4,25,26,28). The summed E-state index contributed by atoms with van der Waals surface area (Å²) < 4.78 is 0. The number of aliphatic imine (C=N–C) groups is 1. The van der Waals surface area contributed by atoms with Crippen LogP contribution in [0, 0.1) is 5.92 Å². The maximum Gasteiger partial charge on any atom is 0.326 e. The van der Waals surface area contributed by atoms with Crippen LogP contribution in [0.4, 0.5) is 0 Å². The van der Waals surface area contributed by atoms with Gasteiger partial charge in [-0.2, -0.15) is 0 Å². The summed E-state index contributed by atoms with van der Waals surface area (Å²) in [6.45, 7) is 3.84. The van der Waals surface area contributed by atoms with Gasteiger partial charge in [-0.3, -0.25) is 24.2 Å². The van der Waals surface area contributed by atoms with Crippen LogP contribution in [0.1, 0.15) is 51.6 Å². The van der Waals surface area contributed by atoms with E-state index in [1.54, 1.807) is 13.8 Å². The van der Waals surface area contributed by atoms with Crippen molar-refractivity contribution in [2.45, 2.75) is 76.5 Å². The monoisotopic (exact) mass is 553 g/mol. The second-order valence-corrected chi connectivity index (χ2v) is 9.42. The van der Waals surface area contributed by atoms with Crippen molar-refractivity contribution >= 4 is 35.6 Å². The Kier molecular flexibility index (Phi) is 14.0. The molecular weight excluding hydrogens is 514 g/mol. The number of carboxylic acids is 2. The minimum Gasteiger partial charge on any atom is -0.481 e. The van der Waals surface area contributed by atoms with Gasteiger partial charge in [-0.15, -0.1) is 0 Å². The van der Waals surface area contributed by atoms with Crippen LogP contribution in [0.2, 0.25) is 0 Å². The van der Waals surface area contributed by atoms with Gasteiger partial charge in [0.15, 0.2) is 5.96 Å². The van der Waals surface area contributed by atoms with Crippen molar-refractivity contribution in [1.29, 1.82) is 0 Å². The number of aromatic amines is 1. The quantitative estimate of drug-likeness (QED) is 0.0533. The molecule has 0 saturated carbocycles. The molecule has 0 aliphatic carbocycles. The van der Waals surface area contributed by atoms with Crippen LogP contribution in [0.15, 0.2) is 17.5 Å². The van der Waals surface area contributed by atoms with Crippen molar-refractivity contribution in [3.05, 3.63) is 18.2 Å². The molecular formula is C23H39N9O7. The Bertz CT molecular complexity index is 994. The second kappa shape index (κ2) is 16.6. The molecule has 3 amide bonds. The van der Waals surface area contributed by atoms with Crippen LogP contribution in [0.25, 0.3) is 0 Å². The maximum atomic E-state index is 13.2. The first kappa shape index (κ1) is 32.8. The van der Waals surface area contributed by atoms with Crippen molar-refractivity contribution in [1.82, 2.24) is 25.9 Å². The van der Waals surface area contributed by atoms with Gasteiger partial charge < -0.3 is 48.3 Å². The van der Waals surface area contributed by atoms with Gasteiger partial charge in [0.2, 0.25) is 17.7 Å². The highest BCUT2D eigenvalue weighted by Gasteiger charge is 2.31. The number of nitrogens with two attached hydrogens (primary N) is 3. The lowest BCUT2D eigenvalue weighted by Crippen LogP contribution is -2.57. The number of nitrogens with one attached hydrogen (secondary N) is 4.